The number of carbonyl (C=O) groups is 3. The molecule has 1 aromatic rings. The molecule has 1 unspecified atom stereocenters. The second kappa shape index (κ2) is 8.69. The zero-order chi connectivity index (χ0) is 24.7. The van der Waals surface area contributed by atoms with Gasteiger partial charge in [0, 0.05) is 26.7 Å². The third-order valence-electron chi connectivity index (χ3n) is 6.03. The number of nitrogens with zero attached hydrogens (tertiary/aromatic N) is 5. The van der Waals surface area contributed by atoms with Gasteiger partial charge in [0.05, 0.1) is 17.0 Å². The molecular formula is C22H25N7O5. The summed E-state index contributed by atoms with van der Waals surface area (Å²) in [4.78, 5) is 70.7. The first kappa shape index (κ1) is 23.1. The second-order valence-electron chi connectivity index (χ2n) is 8.55. The van der Waals surface area contributed by atoms with Crippen LogP contribution in [0.15, 0.2) is 21.7 Å². The highest BCUT2D eigenvalue weighted by molar-refractivity contribution is 5.99. The molecule has 0 aliphatic carbocycles. The van der Waals surface area contributed by atoms with Gasteiger partial charge in [-0.25, -0.2) is 14.6 Å². The van der Waals surface area contributed by atoms with E-state index in [1.54, 1.807) is 11.5 Å². The minimum Gasteiger partial charge on any atom is -0.353 e. The molecule has 34 heavy (non-hydrogen) atoms. The quantitative estimate of drug-likeness (QED) is 0.481. The Morgan fingerprint density at radius 1 is 1.15 bits per heavy atom. The highest BCUT2D eigenvalue weighted by Crippen LogP contribution is 2.23. The van der Waals surface area contributed by atoms with Crippen molar-refractivity contribution in [3.8, 4) is 11.5 Å². The summed E-state index contributed by atoms with van der Waals surface area (Å²) in [6, 6.07) is 3.16. The number of urea groups is 1. The largest absolute Gasteiger partial charge is 0.353 e. The second-order valence-corrected chi connectivity index (χ2v) is 8.55. The predicted octanol–water partition coefficient (Wildman–Crippen LogP) is -0.484. The van der Waals surface area contributed by atoms with Gasteiger partial charge in [0.2, 0.25) is 11.8 Å². The van der Waals surface area contributed by atoms with E-state index in [4.69, 9.17) is 0 Å². The first-order valence-electron chi connectivity index (χ1n) is 10.8. The average Bonchev–Trinajstić information content (AvgIpc) is 2.77. The Kier molecular flexibility index (Phi) is 5.90. The Morgan fingerprint density at radius 2 is 1.85 bits per heavy atom. The lowest BCUT2D eigenvalue weighted by Crippen LogP contribution is -2.56. The van der Waals surface area contributed by atoms with Gasteiger partial charge in [-0.05, 0) is 37.1 Å². The molecule has 12 heteroatoms. The number of carbonyl (C=O) groups excluding carboxylic acids is 3. The van der Waals surface area contributed by atoms with E-state index in [0.29, 0.717) is 11.0 Å². The Labute approximate surface area is 193 Å². The first-order valence-corrected chi connectivity index (χ1v) is 10.8. The van der Waals surface area contributed by atoms with Crippen molar-refractivity contribution < 1.29 is 14.4 Å². The summed E-state index contributed by atoms with van der Waals surface area (Å²) in [7, 11) is 1.35. The van der Waals surface area contributed by atoms with E-state index in [0.717, 1.165) is 15.7 Å². The summed E-state index contributed by atoms with van der Waals surface area (Å²) < 4.78 is 2.60. The third-order valence-corrected chi connectivity index (χ3v) is 6.03. The molecule has 4 amide bonds. The number of benzene rings is 1. The van der Waals surface area contributed by atoms with Crippen molar-refractivity contribution in [2.45, 2.75) is 27.3 Å². The fraction of sp³-hybridized carbons (Fsp3) is 0.409. The molecule has 3 aliphatic heterocycles. The molecule has 3 aliphatic rings. The van der Waals surface area contributed by atoms with Crippen LogP contribution in [-0.4, -0.2) is 61.5 Å². The van der Waals surface area contributed by atoms with Gasteiger partial charge in [0.15, 0.2) is 11.5 Å². The van der Waals surface area contributed by atoms with E-state index in [9.17, 15) is 24.0 Å². The molecule has 3 heterocycles. The van der Waals surface area contributed by atoms with E-state index in [-0.39, 0.29) is 43.6 Å². The van der Waals surface area contributed by atoms with Crippen LogP contribution in [0.4, 0.5) is 4.79 Å². The number of hydrogen-bond acceptors (Lipinski definition) is 7. The van der Waals surface area contributed by atoms with Crippen LogP contribution in [0.2, 0.25) is 0 Å². The van der Waals surface area contributed by atoms with E-state index >= 15 is 0 Å². The number of hydrogen-bond donors (Lipinski definition) is 2. The summed E-state index contributed by atoms with van der Waals surface area (Å²) in [5.74, 6) is -1.03. The molecule has 4 rings (SSSR count). The molecule has 2 N–H and O–H groups in total. The predicted molar refractivity (Wildman–Crippen MR) is 122 cm³/mol. The molecule has 0 bridgehead atoms. The lowest BCUT2D eigenvalue weighted by molar-refractivity contribution is -0.127. The monoisotopic (exact) mass is 467 g/mol. The van der Waals surface area contributed by atoms with Crippen LogP contribution < -0.4 is 21.9 Å². The molecule has 1 aromatic carbocycles. The molecule has 178 valence electrons. The van der Waals surface area contributed by atoms with Crippen LogP contribution >= 0.6 is 0 Å². The Balaban J connectivity index is 1.60. The van der Waals surface area contributed by atoms with E-state index in [2.05, 4.69) is 20.6 Å². The van der Waals surface area contributed by atoms with Gasteiger partial charge in [-0.1, -0.05) is 6.92 Å². The van der Waals surface area contributed by atoms with Crippen LogP contribution in [0.5, 0.6) is 0 Å². The van der Waals surface area contributed by atoms with Gasteiger partial charge in [-0.15, -0.1) is 0 Å². The SMILES string of the molecule is Cc1cc2nc3c(=O)n(C)c(=O)nc-3n(CCNC(=O)CN3CC(C)C(=O)NC3=O)c2cc1C. The smallest absolute Gasteiger partial charge is 0.352 e. The summed E-state index contributed by atoms with van der Waals surface area (Å²) >= 11 is 0. The molecule has 0 saturated carbocycles. The number of nitrogens with one attached hydrogen (secondary N) is 2. The Hall–Kier alpha value is -4.09. The maximum absolute atomic E-state index is 12.7. The lowest BCUT2D eigenvalue weighted by Gasteiger charge is -2.29. The summed E-state index contributed by atoms with van der Waals surface area (Å²) in [5, 5.41) is 4.96. The van der Waals surface area contributed by atoms with Crippen LogP contribution in [0.25, 0.3) is 22.6 Å². The zero-order valence-electron chi connectivity index (χ0n) is 19.3. The van der Waals surface area contributed by atoms with Gasteiger partial charge >= 0.3 is 11.7 Å². The van der Waals surface area contributed by atoms with Crippen molar-refractivity contribution in [1.82, 2.24) is 34.6 Å². The fourth-order valence-electron chi connectivity index (χ4n) is 3.88. The molecule has 1 saturated heterocycles. The van der Waals surface area contributed by atoms with Gasteiger partial charge in [-0.3, -0.25) is 24.3 Å². The molecule has 0 aromatic heterocycles. The summed E-state index contributed by atoms with van der Waals surface area (Å²) in [5.41, 5.74) is 2.06. The average molecular weight is 467 g/mol. The number of amides is 4. The van der Waals surface area contributed by atoms with Gasteiger partial charge in [0.1, 0.15) is 6.54 Å². The van der Waals surface area contributed by atoms with E-state index in [1.165, 1.54) is 11.9 Å². The topological polar surface area (TPSA) is 148 Å². The van der Waals surface area contributed by atoms with Crippen LogP contribution in [0.1, 0.15) is 18.1 Å². The molecular weight excluding hydrogens is 442 g/mol. The molecule has 1 fully saturated rings. The molecule has 0 spiro atoms. The first-order chi connectivity index (χ1) is 16.1. The maximum atomic E-state index is 12.7. The highest BCUT2D eigenvalue weighted by atomic mass is 16.2. The third kappa shape index (κ3) is 4.14. The summed E-state index contributed by atoms with van der Waals surface area (Å²) in [6.07, 6.45) is 0. The number of aromatic nitrogens is 4. The maximum Gasteiger partial charge on any atom is 0.352 e. The van der Waals surface area contributed by atoms with Crippen molar-refractivity contribution in [1.29, 1.82) is 0 Å². The standard InChI is InChI=1S/C22H25N7O5/c1-11-7-14-15(8-12(11)2)29(18-17(24-14)20(32)27(4)21(33)25-18)6-5-23-16(30)10-28-9-13(3)19(31)26-22(28)34/h7-8,13H,5-6,9-10H2,1-4H3,(H,23,30)(H,26,31,34). The van der Waals surface area contributed by atoms with Crippen molar-refractivity contribution in [2.24, 2.45) is 13.0 Å². The number of rotatable bonds is 5. The number of imide groups is 1. The lowest BCUT2D eigenvalue weighted by atomic mass is 10.1. The minimum absolute atomic E-state index is 0.0628. The van der Waals surface area contributed by atoms with Crippen LogP contribution in [-0.2, 0) is 23.2 Å². The molecule has 12 nitrogen and oxygen atoms in total. The normalized spacial score (nSPS) is 16.2. The zero-order valence-corrected chi connectivity index (χ0v) is 19.3. The van der Waals surface area contributed by atoms with Crippen molar-refractivity contribution in [2.75, 3.05) is 19.6 Å². The summed E-state index contributed by atoms with van der Waals surface area (Å²) in [6.45, 7) is 5.88. The molecule has 1 atom stereocenters. The van der Waals surface area contributed by atoms with Crippen molar-refractivity contribution >= 4 is 28.9 Å². The fourth-order valence-corrected chi connectivity index (χ4v) is 3.88. The van der Waals surface area contributed by atoms with Crippen molar-refractivity contribution in [3.05, 3.63) is 44.1 Å². The van der Waals surface area contributed by atoms with Gasteiger partial charge in [0.25, 0.3) is 5.56 Å². The van der Waals surface area contributed by atoms with Gasteiger partial charge < -0.3 is 14.8 Å². The number of fused-ring (bicyclic) bond motifs is 2. The highest BCUT2D eigenvalue weighted by Gasteiger charge is 2.30. The number of aryl methyl sites for hydroxylation is 2. The minimum atomic E-state index is -0.694. The Morgan fingerprint density at radius 3 is 2.59 bits per heavy atom. The molecule has 0 radical (unpaired) electrons. The van der Waals surface area contributed by atoms with E-state index < -0.39 is 29.1 Å². The van der Waals surface area contributed by atoms with Crippen molar-refractivity contribution in [3.63, 3.8) is 0 Å². The van der Waals surface area contributed by atoms with Crippen LogP contribution in [0.3, 0.4) is 0 Å². The Bertz CT molecular complexity index is 1420. The van der Waals surface area contributed by atoms with Gasteiger partial charge in [-0.2, -0.15) is 4.98 Å². The van der Waals surface area contributed by atoms with Crippen LogP contribution in [0, 0.1) is 19.8 Å². The van der Waals surface area contributed by atoms with E-state index in [1.807, 2.05) is 26.0 Å².